The van der Waals surface area contributed by atoms with E-state index in [2.05, 4.69) is 20.5 Å². The number of sulfone groups is 1. The Labute approximate surface area is 150 Å². The van der Waals surface area contributed by atoms with Crippen LogP contribution in [0.5, 0.6) is 0 Å². The molecule has 1 aromatic carbocycles. The van der Waals surface area contributed by atoms with Crippen molar-refractivity contribution in [1.29, 1.82) is 0 Å². The number of aryl methyl sites for hydroxylation is 1. The Morgan fingerprint density at radius 2 is 1.92 bits per heavy atom. The summed E-state index contributed by atoms with van der Waals surface area (Å²) in [5.74, 6) is -0.631. The van der Waals surface area contributed by atoms with Gasteiger partial charge in [0.2, 0.25) is 5.91 Å². The summed E-state index contributed by atoms with van der Waals surface area (Å²) in [5, 5.41) is 9.93. The molecular weight excluding hydrogens is 356 g/mol. The minimum absolute atomic E-state index is 0.0958. The van der Waals surface area contributed by atoms with E-state index in [9.17, 15) is 13.2 Å². The zero-order chi connectivity index (χ0) is 18.6. The first kappa shape index (κ1) is 17.7. The Morgan fingerprint density at radius 3 is 2.62 bits per heavy atom. The van der Waals surface area contributed by atoms with E-state index >= 15 is 0 Å². The normalized spacial score (nSPS) is 11.3. The van der Waals surface area contributed by atoms with E-state index in [1.165, 1.54) is 12.1 Å². The summed E-state index contributed by atoms with van der Waals surface area (Å²) in [7, 11) is -3.54. The lowest BCUT2D eigenvalue weighted by atomic mass is 10.2. The molecule has 0 unspecified atom stereocenters. The highest BCUT2D eigenvalue weighted by atomic mass is 32.2. The second-order valence-corrected chi connectivity index (χ2v) is 7.69. The van der Waals surface area contributed by atoms with E-state index in [-0.39, 0.29) is 29.0 Å². The zero-order valence-corrected chi connectivity index (χ0v) is 14.7. The van der Waals surface area contributed by atoms with E-state index in [1.807, 2.05) is 6.92 Å². The minimum Gasteiger partial charge on any atom is -0.403 e. The molecule has 0 aliphatic carbocycles. The van der Waals surface area contributed by atoms with Crippen LogP contribution >= 0.6 is 0 Å². The van der Waals surface area contributed by atoms with Crippen LogP contribution in [0.1, 0.15) is 12.0 Å². The molecule has 1 amide bonds. The predicted octanol–water partition coefficient (Wildman–Crippen LogP) is 2.24. The van der Waals surface area contributed by atoms with Crippen molar-refractivity contribution in [2.45, 2.75) is 18.2 Å². The number of benzene rings is 1. The van der Waals surface area contributed by atoms with Crippen molar-refractivity contribution in [3.05, 3.63) is 54.4 Å². The molecule has 0 radical (unpaired) electrons. The highest BCUT2D eigenvalue weighted by Gasteiger charge is 2.18. The summed E-state index contributed by atoms with van der Waals surface area (Å²) in [4.78, 5) is 16.1. The fourth-order valence-electron chi connectivity index (χ4n) is 2.15. The summed E-state index contributed by atoms with van der Waals surface area (Å²) in [6.45, 7) is 1.87. The van der Waals surface area contributed by atoms with Crippen LogP contribution in [0.25, 0.3) is 11.5 Å². The molecule has 0 aliphatic heterocycles. The standard InChI is InChI=1S/C17H16N4O4S/c1-12-4-6-14(7-5-12)26(23,24)10-8-15(22)19-17-21-20-16(25-17)13-3-2-9-18-11-13/h2-7,9,11H,8,10H2,1H3,(H,19,21,22). The van der Waals surface area contributed by atoms with E-state index in [0.29, 0.717) is 5.56 Å². The minimum atomic E-state index is -3.54. The molecule has 8 nitrogen and oxygen atoms in total. The number of pyridine rings is 1. The van der Waals surface area contributed by atoms with Gasteiger partial charge < -0.3 is 4.42 Å². The van der Waals surface area contributed by atoms with Gasteiger partial charge in [0, 0.05) is 18.8 Å². The number of hydrogen-bond acceptors (Lipinski definition) is 7. The van der Waals surface area contributed by atoms with E-state index in [0.717, 1.165) is 5.56 Å². The van der Waals surface area contributed by atoms with Crippen molar-refractivity contribution in [2.75, 3.05) is 11.1 Å². The van der Waals surface area contributed by atoms with Gasteiger partial charge in [0.1, 0.15) is 0 Å². The van der Waals surface area contributed by atoms with Gasteiger partial charge in [0.15, 0.2) is 9.84 Å². The van der Waals surface area contributed by atoms with E-state index in [4.69, 9.17) is 4.42 Å². The molecule has 0 atom stereocenters. The predicted molar refractivity (Wildman–Crippen MR) is 94.0 cm³/mol. The van der Waals surface area contributed by atoms with Gasteiger partial charge in [0.25, 0.3) is 5.89 Å². The van der Waals surface area contributed by atoms with Crippen LogP contribution in [-0.4, -0.2) is 35.3 Å². The Morgan fingerprint density at radius 1 is 1.15 bits per heavy atom. The summed E-state index contributed by atoms with van der Waals surface area (Å²) in [6, 6.07) is 9.84. The molecule has 0 aliphatic rings. The van der Waals surface area contributed by atoms with Gasteiger partial charge in [-0.25, -0.2) is 8.42 Å². The molecule has 0 bridgehead atoms. The van der Waals surface area contributed by atoms with Gasteiger partial charge in [-0.05, 0) is 31.2 Å². The molecular formula is C17H16N4O4S. The highest BCUT2D eigenvalue weighted by molar-refractivity contribution is 7.91. The SMILES string of the molecule is Cc1ccc(S(=O)(=O)CCC(=O)Nc2nnc(-c3cccnc3)o2)cc1. The summed E-state index contributed by atoms with van der Waals surface area (Å²) >= 11 is 0. The van der Waals surface area contributed by atoms with Gasteiger partial charge in [-0.1, -0.05) is 22.8 Å². The van der Waals surface area contributed by atoms with E-state index < -0.39 is 15.7 Å². The lowest BCUT2D eigenvalue weighted by molar-refractivity contribution is -0.115. The third-order valence-electron chi connectivity index (χ3n) is 3.56. The maximum absolute atomic E-state index is 12.3. The highest BCUT2D eigenvalue weighted by Crippen LogP contribution is 2.18. The summed E-state index contributed by atoms with van der Waals surface area (Å²) in [6.07, 6.45) is 2.94. The second-order valence-electron chi connectivity index (χ2n) is 5.58. The van der Waals surface area contributed by atoms with E-state index in [1.54, 1.807) is 36.7 Å². The smallest absolute Gasteiger partial charge is 0.322 e. The molecule has 2 aromatic heterocycles. The Kier molecular flexibility index (Phi) is 5.08. The number of rotatable bonds is 6. The average Bonchev–Trinajstić information content (AvgIpc) is 3.10. The molecule has 3 rings (SSSR count). The van der Waals surface area contributed by atoms with Crippen molar-refractivity contribution in [2.24, 2.45) is 0 Å². The monoisotopic (exact) mass is 372 g/mol. The number of aromatic nitrogens is 3. The quantitative estimate of drug-likeness (QED) is 0.705. The van der Waals surface area contributed by atoms with Crippen LogP contribution in [0.4, 0.5) is 6.01 Å². The molecule has 26 heavy (non-hydrogen) atoms. The van der Waals surface area contributed by atoms with Gasteiger partial charge >= 0.3 is 6.01 Å². The van der Waals surface area contributed by atoms with Crippen LogP contribution in [0, 0.1) is 6.92 Å². The molecule has 0 saturated carbocycles. The molecule has 134 valence electrons. The van der Waals surface area contributed by atoms with Crippen molar-refractivity contribution in [1.82, 2.24) is 15.2 Å². The van der Waals surface area contributed by atoms with Crippen LogP contribution in [0.15, 0.2) is 58.1 Å². The zero-order valence-electron chi connectivity index (χ0n) is 13.9. The third-order valence-corrected chi connectivity index (χ3v) is 5.29. The Bertz CT molecular complexity index is 999. The number of carbonyl (C=O) groups excluding carboxylic acids is 1. The third kappa shape index (κ3) is 4.31. The molecule has 3 aromatic rings. The van der Waals surface area contributed by atoms with Crippen molar-refractivity contribution >= 4 is 21.8 Å². The van der Waals surface area contributed by atoms with Gasteiger partial charge in [-0.15, -0.1) is 5.10 Å². The number of nitrogens with zero attached hydrogens (tertiary/aromatic N) is 3. The molecule has 2 heterocycles. The van der Waals surface area contributed by atoms with Crippen LogP contribution in [-0.2, 0) is 14.6 Å². The van der Waals surface area contributed by atoms with Gasteiger partial charge in [-0.2, -0.15) is 0 Å². The first-order valence-electron chi connectivity index (χ1n) is 7.77. The second kappa shape index (κ2) is 7.44. The number of anilines is 1. The van der Waals surface area contributed by atoms with Crippen LogP contribution < -0.4 is 5.32 Å². The molecule has 9 heteroatoms. The topological polar surface area (TPSA) is 115 Å². The molecule has 1 N–H and O–H groups in total. The molecule has 0 fully saturated rings. The average molecular weight is 372 g/mol. The van der Waals surface area contributed by atoms with Crippen molar-refractivity contribution in [3.8, 4) is 11.5 Å². The maximum Gasteiger partial charge on any atom is 0.322 e. The number of nitrogens with one attached hydrogen (secondary N) is 1. The largest absolute Gasteiger partial charge is 0.403 e. The fourth-order valence-corrected chi connectivity index (χ4v) is 3.39. The Balaban J connectivity index is 1.59. The number of carbonyl (C=O) groups is 1. The maximum atomic E-state index is 12.3. The fraction of sp³-hybridized carbons (Fsp3) is 0.176. The van der Waals surface area contributed by atoms with Crippen LogP contribution in [0.2, 0.25) is 0 Å². The summed E-state index contributed by atoms with van der Waals surface area (Å²) in [5.41, 5.74) is 1.57. The molecule has 0 saturated heterocycles. The van der Waals surface area contributed by atoms with Crippen molar-refractivity contribution < 1.29 is 17.6 Å². The van der Waals surface area contributed by atoms with Crippen LogP contribution in [0.3, 0.4) is 0 Å². The Hall–Kier alpha value is -3.07. The number of amides is 1. The van der Waals surface area contributed by atoms with Gasteiger partial charge in [0.05, 0.1) is 16.2 Å². The summed E-state index contributed by atoms with van der Waals surface area (Å²) < 4.78 is 29.8. The lowest BCUT2D eigenvalue weighted by Gasteiger charge is -2.04. The first-order valence-corrected chi connectivity index (χ1v) is 9.42. The van der Waals surface area contributed by atoms with Gasteiger partial charge in [-0.3, -0.25) is 15.1 Å². The molecule has 0 spiro atoms. The van der Waals surface area contributed by atoms with Crippen molar-refractivity contribution in [3.63, 3.8) is 0 Å². The first-order chi connectivity index (χ1) is 12.4. The lowest BCUT2D eigenvalue weighted by Crippen LogP contribution is -2.17. The number of hydrogen-bond donors (Lipinski definition) is 1.